The highest BCUT2D eigenvalue weighted by Gasteiger charge is 2.49. The number of nitrogens with zero attached hydrogens (tertiary/aromatic N) is 1. The van der Waals surface area contributed by atoms with E-state index in [0.29, 0.717) is 12.3 Å². The minimum Gasteiger partial charge on any atom is -0.378 e. The van der Waals surface area contributed by atoms with E-state index in [-0.39, 0.29) is 28.2 Å². The largest absolute Gasteiger partial charge is 0.378 e. The van der Waals surface area contributed by atoms with Crippen LogP contribution in [-0.2, 0) is 4.74 Å². The number of hydrogen-bond donors (Lipinski definition) is 1. The summed E-state index contributed by atoms with van der Waals surface area (Å²) < 4.78 is 5.71. The number of hydrogen-bond acceptors (Lipinski definition) is 4. The van der Waals surface area contributed by atoms with Gasteiger partial charge in [-0.2, -0.15) is 0 Å². The summed E-state index contributed by atoms with van der Waals surface area (Å²) in [7, 11) is 0. The molecule has 1 aromatic rings. The Kier molecular flexibility index (Phi) is 4.23. The molecule has 0 aromatic heterocycles. The smallest absolute Gasteiger partial charge is 0.292 e. The Bertz CT molecular complexity index is 555. The number of ether oxygens (including phenoxy) is 1. The first-order chi connectivity index (χ1) is 9.77. The van der Waals surface area contributed by atoms with E-state index in [9.17, 15) is 10.1 Å². The summed E-state index contributed by atoms with van der Waals surface area (Å²) in [5.74, 6) is 0. The SMILES string of the molecule is CCOC1CC(Nc2cc(C)c(C)cc2[N+](=O)[O-])C1(C)C. The normalized spacial score (nSPS) is 23.5. The van der Waals surface area contributed by atoms with Crippen LogP contribution in [0.4, 0.5) is 11.4 Å². The third-order valence-electron chi connectivity index (χ3n) is 4.68. The molecule has 1 aromatic carbocycles. The van der Waals surface area contributed by atoms with Gasteiger partial charge in [0.2, 0.25) is 0 Å². The summed E-state index contributed by atoms with van der Waals surface area (Å²) in [6.07, 6.45) is 1.09. The standard InChI is InChI=1S/C16H24N2O3/c1-6-21-15-9-14(16(15,4)5)17-12-7-10(2)11(3)8-13(12)18(19)20/h7-8,14-15,17H,6,9H2,1-5H3. The van der Waals surface area contributed by atoms with E-state index in [2.05, 4.69) is 19.2 Å². The van der Waals surface area contributed by atoms with Gasteiger partial charge in [-0.3, -0.25) is 10.1 Å². The van der Waals surface area contributed by atoms with Gasteiger partial charge in [0.1, 0.15) is 5.69 Å². The molecule has 2 atom stereocenters. The minimum absolute atomic E-state index is 0.0251. The number of aryl methyl sites for hydroxylation is 2. The zero-order chi connectivity index (χ0) is 15.8. The highest BCUT2D eigenvalue weighted by atomic mass is 16.6. The highest BCUT2D eigenvalue weighted by Crippen LogP contribution is 2.45. The van der Waals surface area contributed by atoms with Crippen LogP contribution in [0.3, 0.4) is 0 Å². The number of nitro groups is 1. The second kappa shape index (κ2) is 5.64. The van der Waals surface area contributed by atoms with Gasteiger partial charge in [0, 0.05) is 24.1 Å². The van der Waals surface area contributed by atoms with Crippen molar-refractivity contribution in [2.45, 2.75) is 53.2 Å². The average Bonchev–Trinajstić information content (AvgIpc) is 2.41. The molecule has 2 unspecified atom stereocenters. The van der Waals surface area contributed by atoms with Gasteiger partial charge in [0.15, 0.2) is 0 Å². The maximum Gasteiger partial charge on any atom is 0.292 e. The Morgan fingerprint density at radius 3 is 2.52 bits per heavy atom. The van der Waals surface area contributed by atoms with Crippen molar-refractivity contribution in [3.63, 3.8) is 0 Å². The molecule has 1 aliphatic carbocycles. The van der Waals surface area contributed by atoms with Crippen molar-refractivity contribution in [1.82, 2.24) is 0 Å². The van der Waals surface area contributed by atoms with Crippen LogP contribution in [0, 0.1) is 29.4 Å². The van der Waals surface area contributed by atoms with Crippen LogP contribution in [0.2, 0.25) is 0 Å². The number of rotatable bonds is 5. The number of nitrogens with one attached hydrogen (secondary N) is 1. The maximum absolute atomic E-state index is 11.2. The van der Waals surface area contributed by atoms with Crippen LogP contribution in [0.1, 0.15) is 38.3 Å². The third kappa shape index (κ3) is 2.88. The molecule has 0 heterocycles. The summed E-state index contributed by atoms with van der Waals surface area (Å²) in [5, 5.41) is 14.6. The first kappa shape index (κ1) is 15.8. The molecule has 0 saturated heterocycles. The van der Waals surface area contributed by atoms with Crippen LogP contribution in [0.15, 0.2) is 12.1 Å². The van der Waals surface area contributed by atoms with E-state index < -0.39 is 0 Å². The van der Waals surface area contributed by atoms with E-state index in [1.807, 2.05) is 26.8 Å². The fourth-order valence-electron chi connectivity index (χ4n) is 2.87. The van der Waals surface area contributed by atoms with Gasteiger partial charge in [-0.05, 0) is 44.4 Å². The molecule has 0 spiro atoms. The third-order valence-corrected chi connectivity index (χ3v) is 4.68. The topological polar surface area (TPSA) is 64.4 Å². The van der Waals surface area contributed by atoms with Crippen molar-refractivity contribution in [3.8, 4) is 0 Å². The predicted octanol–water partition coefficient (Wildman–Crippen LogP) is 3.83. The number of nitro benzene ring substituents is 1. The molecular weight excluding hydrogens is 268 g/mol. The minimum atomic E-state index is -0.319. The molecule has 116 valence electrons. The van der Waals surface area contributed by atoms with Crippen LogP contribution in [-0.4, -0.2) is 23.7 Å². The molecule has 1 aliphatic rings. The van der Waals surface area contributed by atoms with Crippen molar-refractivity contribution < 1.29 is 9.66 Å². The molecule has 0 amide bonds. The van der Waals surface area contributed by atoms with Gasteiger partial charge in [-0.1, -0.05) is 13.8 Å². The molecule has 5 heteroatoms. The van der Waals surface area contributed by atoms with E-state index in [0.717, 1.165) is 17.5 Å². The van der Waals surface area contributed by atoms with Crippen molar-refractivity contribution >= 4 is 11.4 Å². The summed E-state index contributed by atoms with van der Waals surface area (Å²) in [6.45, 7) is 10.8. The second-order valence-corrected chi connectivity index (χ2v) is 6.41. The monoisotopic (exact) mass is 292 g/mol. The quantitative estimate of drug-likeness (QED) is 0.661. The molecular formula is C16H24N2O3. The fraction of sp³-hybridized carbons (Fsp3) is 0.625. The first-order valence-electron chi connectivity index (χ1n) is 7.41. The second-order valence-electron chi connectivity index (χ2n) is 6.41. The molecule has 1 N–H and O–H groups in total. The lowest BCUT2D eigenvalue weighted by Crippen LogP contribution is -2.58. The van der Waals surface area contributed by atoms with Gasteiger partial charge in [-0.15, -0.1) is 0 Å². The van der Waals surface area contributed by atoms with Crippen molar-refractivity contribution in [1.29, 1.82) is 0 Å². The Hall–Kier alpha value is -1.62. The van der Waals surface area contributed by atoms with Crippen molar-refractivity contribution in [2.75, 3.05) is 11.9 Å². The lowest BCUT2D eigenvalue weighted by atomic mass is 9.64. The molecule has 0 aliphatic heterocycles. The van der Waals surface area contributed by atoms with Gasteiger partial charge in [-0.25, -0.2) is 0 Å². The molecule has 1 saturated carbocycles. The van der Waals surface area contributed by atoms with Gasteiger partial charge < -0.3 is 10.1 Å². The maximum atomic E-state index is 11.2. The Labute approximate surface area is 125 Å². The summed E-state index contributed by atoms with van der Waals surface area (Å²) in [6, 6.07) is 3.70. The zero-order valence-electron chi connectivity index (χ0n) is 13.4. The Balaban J connectivity index is 2.21. The van der Waals surface area contributed by atoms with Gasteiger partial charge in [0.05, 0.1) is 11.0 Å². The molecule has 0 bridgehead atoms. The van der Waals surface area contributed by atoms with Crippen LogP contribution >= 0.6 is 0 Å². The fourth-order valence-corrected chi connectivity index (χ4v) is 2.87. The summed E-state index contributed by atoms with van der Waals surface area (Å²) in [5.41, 5.74) is 2.72. The van der Waals surface area contributed by atoms with Crippen LogP contribution in [0.5, 0.6) is 0 Å². The zero-order valence-corrected chi connectivity index (χ0v) is 13.4. The lowest BCUT2D eigenvalue weighted by Gasteiger charge is -2.52. The predicted molar refractivity (Wildman–Crippen MR) is 83.8 cm³/mol. The Morgan fingerprint density at radius 2 is 2.00 bits per heavy atom. The summed E-state index contributed by atoms with van der Waals surface area (Å²) >= 11 is 0. The molecule has 1 fully saturated rings. The van der Waals surface area contributed by atoms with E-state index in [1.165, 1.54) is 0 Å². The van der Waals surface area contributed by atoms with E-state index in [1.54, 1.807) is 6.07 Å². The first-order valence-corrected chi connectivity index (χ1v) is 7.41. The Morgan fingerprint density at radius 1 is 1.38 bits per heavy atom. The van der Waals surface area contributed by atoms with Gasteiger partial charge >= 0.3 is 0 Å². The van der Waals surface area contributed by atoms with Crippen LogP contribution in [0.25, 0.3) is 0 Å². The molecule has 2 rings (SSSR count). The van der Waals surface area contributed by atoms with Crippen LogP contribution < -0.4 is 5.32 Å². The molecule has 0 radical (unpaired) electrons. The number of anilines is 1. The van der Waals surface area contributed by atoms with E-state index >= 15 is 0 Å². The average molecular weight is 292 g/mol. The van der Waals surface area contributed by atoms with Crippen molar-refractivity contribution in [2.24, 2.45) is 5.41 Å². The lowest BCUT2D eigenvalue weighted by molar-refractivity contribution is -0.384. The van der Waals surface area contributed by atoms with Gasteiger partial charge in [0.25, 0.3) is 5.69 Å². The highest BCUT2D eigenvalue weighted by molar-refractivity contribution is 5.65. The molecule has 5 nitrogen and oxygen atoms in total. The van der Waals surface area contributed by atoms with Crippen molar-refractivity contribution in [3.05, 3.63) is 33.4 Å². The summed E-state index contributed by atoms with van der Waals surface area (Å²) in [4.78, 5) is 10.9. The van der Waals surface area contributed by atoms with E-state index in [4.69, 9.17) is 4.74 Å². The number of benzene rings is 1. The molecule has 21 heavy (non-hydrogen) atoms.